The third kappa shape index (κ3) is 2.91. The van der Waals surface area contributed by atoms with Crippen LogP contribution in [0.1, 0.15) is 23.2 Å². The number of fused-ring (bicyclic) bond motifs is 1. The zero-order chi connectivity index (χ0) is 15.7. The van der Waals surface area contributed by atoms with E-state index in [1.165, 1.54) is 6.08 Å². The topological polar surface area (TPSA) is 38.1 Å². The fourth-order valence-electron chi connectivity index (χ4n) is 2.78. The summed E-state index contributed by atoms with van der Waals surface area (Å²) >= 11 is 12.1. The van der Waals surface area contributed by atoms with E-state index in [1.54, 1.807) is 23.0 Å². The second-order valence-electron chi connectivity index (χ2n) is 5.26. The van der Waals surface area contributed by atoms with Crippen molar-refractivity contribution >= 4 is 28.8 Å². The van der Waals surface area contributed by atoms with Gasteiger partial charge in [-0.3, -0.25) is 4.68 Å². The monoisotopic (exact) mass is 340 g/mol. The van der Waals surface area contributed by atoms with Crippen molar-refractivity contribution in [2.24, 2.45) is 0 Å². The third-order valence-electron chi connectivity index (χ3n) is 3.84. The van der Waals surface area contributed by atoms with Gasteiger partial charge in [0.05, 0.1) is 25.0 Å². The molecule has 1 unspecified atom stereocenters. The number of hydrogen-bond donors (Lipinski definition) is 1. The first-order valence-electron chi connectivity index (χ1n) is 7.04. The highest BCUT2D eigenvalue weighted by Crippen LogP contribution is 2.33. The summed E-state index contributed by atoms with van der Waals surface area (Å²) in [6.07, 6.45) is 3.27. The van der Waals surface area contributed by atoms with Crippen molar-refractivity contribution in [2.75, 3.05) is 6.61 Å². The maximum absolute atomic E-state index is 14.2. The maximum atomic E-state index is 14.2. The third-order valence-corrected chi connectivity index (χ3v) is 4.43. The van der Waals surface area contributed by atoms with Crippen LogP contribution in [0.4, 0.5) is 4.39 Å². The van der Waals surface area contributed by atoms with Gasteiger partial charge in [0.1, 0.15) is 6.17 Å². The normalized spacial score (nSPS) is 19.5. The van der Waals surface area contributed by atoms with Crippen LogP contribution in [0.2, 0.25) is 10.0 Å². The lowest BCUT2D eigenvalue weighted by Gasteiger charge is -2.21. The molecule has 116 valence electrons. The van der Waals surface area contributed by atoms with Gasteiger partial charge in [0.15, 0.2) is 0 Å². The van der Waals surface area contributed by atoms with Crippen LogP contribution >= 0.6 is 23.2 Å². The molecule has 0 saturated heterocycles. The lowest BCUT2D eigenvalue weighted by atomic mass is 9.91. The number of aromatic nitrogens is 2. The first-order valence-corrected chi connectivity index (χ1v) is 7.79. The number of halogens is 3. The standard InChI is InChI=1S/C16H15Cl2FN2O/c17-12-3-1-11(14(18)7-12)9-21-16-10(8-20-21)2-4-15(19)13(16)5-6-22/h1,3,5,7-8,15,22H,2,4,6,9H2/b13-5+. The van der Waals surface area contributed by atoms with E-state index in [-0.39, 0.29) is 6.61 Å². The Kier molecular flexibility index (Phi) is 4.52. The quantitative estimate of drug-likeness (QED) is 0.920. The van der Waals surface area contributed by atoms with E-state index in [0.717, 1.165) is 16.8 Å². The number of nitrogens with zero attached hydrogens (tertiary/aromatic N) is 2. The molecule has 0 radical (unpaired) electrons. The Hall–Kier alpha value is -1.36. The van der Waals surface area contributed by atoms with Crippen LogP contribution in [0.3, 0.4) is 0 Å². The van der Waals surface area contributed by atoms with E-state index in [2.05, 4.69) is 5.10 Å². The number of aryl methyl sites for hydroxylation is 1. The van der Waals surface area contributed by atoms with Crippen LogP contribution in [0.25, 0.3) is 5.57 Å². The van der Waals surface area contributed by atoms with Gasteiger partial charge in [0.2, 0.25) is 0 Å². The molecule has 6 heteroatoms. The summed E-state index contributed by atoms with van der Waals surface area (Å²) in [6.45, 7) is 0.239. The zero-order valence-electron chi connectivity index (χ0n) is 11.8. The van der Waals surface area contributed by atoms with Crippen LogP contribution in [0, 0.1) is 0 Å². The Morgan fingerprint density at radius 2 is 2.23 bits per heavy atom. The molecule has 1 atom stereocenters. The molecular weight excluding hydrogens is 326 g/mol. The first kappa shape index (κ1) is 15.5. The van der Waals surface area contributed by atoms with Crippen molar-refractivity contribution in [1.82, 2.24) is 9.78 Å². The van der Waals surface area contributed by atoms with Gasteiger partial charge >= 0.3 is 0 Å². The van der Waals surface area contributed by atoms with E-state index in [1.807, 2.05) is 6.07 Å². The minimum absolute atomic E-state index is 0.192. The molecule has 1 N–H and O–H groups in total. The zero-order valence-corrected chi connectivity index (χ0v) is 13.3. The Balaban J connectivity index is 2.00. The number of allylic oxidation sites excluding steroid dienone is 1. The summed E-state index contributed by atoms with van der Waals surface area (Å²) in [7, 11) is 0. The van der Waals surface area contributed by atoms with Gasteiger partial charge in [0.25, 0.3) is 0 Å². The molecule has 3 rings (SSSR count). The molecule has 0 saturated carbocycles. The van der Waals surface area contributed by atoms with Gasteiger partial charge in [-0.2, -0.15) is 5.10 Å². The molecule has 0 fully saturated rings. The number of rotatable bonds is 3. The first-order chi connectivity index (χ1) is 10.6. The lowest BCUT2D eigenvalue weighted by molar-refractivity contribution is 0.337. The minimum Gasteiger partial charge on any atom is -0.392 e. The van der Waals surface area contributed by atoms with Crippen molar-refractivity contribution in [3.8, 4) is 0 Å². The summed E-state index contributed by atoms with van der Waals surface area (Å²) in [5, 5.41) is 14.6. The Morgan fingerprint density at radius 1 is 1.41 bits per heavy atom. The van der Waals surface area contributed by atoms with E-state index < -0.39 is 6.17 Å². The average molecular weight is 341 g/mol. The van der Waals surface area contributed by atoms with E-state index >= 15 is 0 Å². The summed E-state index contributed by atoms with van der Waals surface area (Å²) in [5.41, 5.74) is 3.12. The molecular formula is C16H15Cl2FN2O. The van der Waals surface area contributed by atoms with Crippen LogP contribution in [-0.2, 0) is 13.0 Å². The van der Waals surface area contributed by atoms with Crippen LogP contribution in [0.5, 0.6) is 0 Å². The Labute approximate surface area is 138 Å². The van der Waals surface area contributed by atoms with Crippen molar-refractivity contribution in [3.05, 3.63) is 57.3 Å². The molecule has 1 heterocycles. The Bertz CT molecular complexity index is 727. The fraction of sp³-hybridized carbons (Fsp3) is 0.312. The largest absolute Gasteiger partial charge is 0.392 e. The van der Waals surface area contributed by atoms with Gasteiger partial charge in [-0.1, -0.05) is 35.3 Å². The van der Waals surface area contributed by atoms with Crippen molar-refractivity contribution < 1.29 is 9.50 Å². The molecule has 2 aromatic rings. The van der Waals surface area contributed by atoms with Crippen LogP contribution in [-0.4, -0.2) is 27.7 Å². The predicted octanol–water partition coefficient (Wildman–Crippen LogP) is 3.90. The van der Waals surface area contributed by atoms with Gasteiger partial charge in [-0.05, 0) is 36.1 Å². The van der Waals surface area contributed by atoms with E-state index in [4.69, 9.17) is 28.3 Å². The van der Waals surface area contributed by atoms with Gasteiger partial charge in [0, 0.05) is 15.6 Å². The van der Waals surface area contributed by atoms with E-state index in [9.17, 15) is 4.39 Å². The van der Waals surface area contributed by atoms with Crippen LogP contribution in [0.15, 0.2) is 30.5 Å². The summed E-state index contributed by atoms with van der Waals surface area (Å²) < 4.78 is 15.9. The van der Waals surface area contributed by atoms with Crippen molar-refractivity contribution in [2.45, 2.75) is 25.6 Å². The lowest BCUT2D eigenvalue weighted by Crippen LogP contribution is -2.18. The molecule has 1 aliphatic carbocycles. The molecule has 1 aliphatic rings. The average Bonchev–Trinajstić information content (AvgIpc) is 2.88. The highest BCUT2D eigenvalue weighted by molar-refractivity contribution is 6.35. The van der Waals surface area contributed by atoms with Gasteiger partial charge < -0.3 is 5.11 Å². The highest BCUT2D eigenvalue weighted by Gasteiger charge is 2.27. The number of alkyl halides is 1. The number of aliphatic hydroxyl groups is 1. The van der Waals surface area contributed by atoms with Crippen molar-refractivity contribution in [3.63, 3.8) is 0 Å². The van der Waals surface area contributed by atoms with Gasteiger partial charge in [-0.15, -0.1) is 0 Å². The molecule has 0 spiro atoms. The fourth-order valence-corrected chi connectivity index (χ4v) is 3.25. The smallest absolute Gasteiger partial charge is 0.127 e. The van der Waals surface area contributed by atoms with Crippen LogP contribution < -0.4 is 0 Å². The summed E-state index contributed by atoms with van der Waals surface area (Å²) in [6, 6.07) is 5.28. The summed E-state index contributed by atoms with van der Waals surface area (Å²) in [5.74, 6) is 0. The molecule has 0 bridgehead atoms. The molecule has 3 nitrogen and oxygen atoms in total. The molecule has 22 heavy (non-hydrogen) atoms. The maximum Gasteiger partial charge on any atom is 0.127 e. The molecule has 0 amide bonds. The molecule has 1 aromatic carbocycles. The van der Waals surface area contributed by atoms with Gasteiger partial charge in [-0.25, -0.2) is 4.39 Å². The second kappa shape index (κ2) is 6.41. The Morgan fingerprint density at radius 3 is 2.95 bits per heavy atom. The molecule has 0 aliphatic heterocycles. The second-order valence-corrected chi connectivity index (χ2v) is 6.10. The number of hydrogen-bond acceptors (Lipinski definition) is 2. The molecule has 1 aromatic heterocycles. The summed E-state index contributed by atoms with van der Waals surface area (Å²) in [4.78, 5) is 0. The predicted molar refractivity (Wildman–Crippen MR) is 86.1 cm³/mol. The highest BCUT2D eigenvalue weighted by atomic mass is 35.5. The van der Waals surface area contributed by atoms with E-state index in [0.29, 0.717) is 35.0 Å². The van der Waals surface area contributed by atoms with Crippen molar-refractivity contribution in [1.29, 1.82) is 0 Å². The SMILES string of the molecule is OC/C=C1/c2c(cnn2Cc2ccc(Cl)cc2Cl)CCC1F. The number of aliphatic hydroxyl groups excluding tert-OH is 1. The minimum atomic E-state index is -1.07. The number of benzene rings is 1.